The number of carbonyl (C=O) groups excluding carboxylic acids is 2. The largest absolute Gasteiger partial charge is 0.368 e. The van der Waals surface area contributed by atoms with Crippen LogP contribution in [0.2, 0.25) is 0 Å². The summed E-state index contributed by atoms with van der Waals surface area (Å²) in [6, 6.07) is 6.29. The molecule has 0 radical (unpaired) electrons. The van der Waals surface area contributed by atoms with Crippen LogP contribution in [0, 0.1) is 5.92 Å². The van der Waals surface area contributed by atoms with Gasteiger partial charge in [-0.05, 0) is 80.3 Å². The second kappa shape index (κ2) is 10.8. The summed E-state index contributed by atoms with van der Waals surface area (Å²) in [5.74, 6) is 1.02. The Balaban J connectivity index is 1.05. The van der Waals surface area contributed by atoms with Gasteiger partial charge in [-0.2, -0.15) is 5.10 Å². The van der Waals surface area contributed by atoms with E-state index in [2.05, 4.69) is 45.8 Å². The van der Waals surface area contributed by atoms with E-state index in [0.29, 0.717) is 40.1 Å². The fraction of sp³-hybridized carbons (Fsp3) is 0.500. The van der Waals surface area contributed by atoms with Gasteiger partial charge in [-0.1, -0.05) is 20.8 Å². The predicted octanol–water partition coefficient (Wildman–Crippen LogP) is 4.65. The van der Waals surface area contributed by atoms with Gasteiger partial charge in [-0.15, -0.1) is 11.3 Å². The average molecular weight is 599 g/mol. The van der Waals surface area contributed by atoms with Crippen LogP contribution in [0.4, 0.5) is 5.95 Å². The zero-order valence-electron chi connectivity index (χ0n) is 25.0. The second-order valence-corrected chi connectivity index (χ2v) is 14.2. The first-order valence-electron chi connectivity index (χ1n) is 15.3. The molecular weight excluding hydrogens is 560 g/mol. The van der Waals surface area contributed by atoms with Crippen molar-refractivity contribution in [1.82, 2.24) is 34.9 Å². The van der Waals surface area contributed by atoms with E-state index in [0.717, 1.165) is 53.2 Å². The lowest BCUT2D eigenvalue weighted by atomic mass is 9.73. The molecule has 1 aliphatic carbocycles. The normalized spacial score (nSPS) is 19.4. The van der Waals surface area contributed by atoms with E-state index in [-0.39, 0.29) is 29.5 Å². The number of amides is 1. The molecule has 5 heterocycles. The molecule has 7 rings (SSSR count). The monoisotopic (exact) mass is 598 g/mol. The van der Waals surface area contributed by atoms with Gasteiger partial charge in [0, 0.05) is 36.5 Å². The van der Waals surface area contributed by atoms with Crippen molar-refractivity contribution in [3.8, 4) is 11.4 Å². The molecular formula is C32H38N8O2S. The van der Waals surface area contributed by atoms with Crippen LogP contribution in [0.1, 0.15) is 83.4 Å². The van der Waals surface area contributed by atoms with Crippen LogP contribution in [0.15, 0.2) is 24.4 Å². The van der Waals surface area contributed by atoms with Gasteiger partial charge in [0.25, 0.3) is 5.91 Å². The molecule has 10 nitrogen and oxygen atoms in total. The fourth-order valence-corrected chi connectivity index (χ4v) is 8.12. The minimum Gasteiger partial charge on any atom is -0.368 e. The first-order chi connectivity index (χ1) is 20.7. The number of hydrogen-bond donors (Lipinski definition) is 2. The summed E-state index contributed by atoms with van der Waals surface area (Å²) < 4.78 is 0.916. The van der Waals surface area contributed by atoms with E-state index >= 15 is 0 Å². The third-order valence-corrected chi connectivity index (χ3v) is 10.6. The number of aromatic nitrogens is 5. The molecule has 11 heteroatoms. The maximum absolute atomic E-state index is 13.6. The lowest BCUT2D eigenvalue weighted by Crippen LogP contribution is -2.48. The third kappa shape index (κ3) is 5.22. The Bertz CT molecular complexity index is 1710. The summed E-state index contributed by atoms with van der Waals surface area (Å²) in [6.07, 6.45) is 7.21. The number of Topliss-reactive ketones (excluding diaryl/α,β-unsaturated/α-hetero) is 1. The van der Waals surface area contributed by atoms with E-state index in [4.69, 9.17) is 10.7 Å². The lowest BCUT2D eigenvalue weighted by Gasteiger charge is -2.41. The first-order valence-corrected chi connectivity index (χ1v) is 16.1. The van der Waals surface area contributed by atoms with Crippen molar-refractivity contribution in [2.75, 3.05) is 31.9 Å². The fourth-order valence-electron chi connectivity index (χ4n) is 7.11. The van der Waals surface area contributed by atoms with Crippen molar-refractivity contribution >= 4 is 39.2 Å². The maximum Gasteiger partial charge on any atom is 0.253 e. The van der Waals surface area contributed by atoms with Gasteiger partial charge < -0.3 is 15.5 Å². The van der Waals surface area contributed by atoms with Crippen molar-refractivity contribution in [2.45, 2.75) is 70.8 Å². The summed E-state index contributed by atoms with van der Waals surface area (Å²) >= 11 is 1.47. The third-order valence-electron chi connectivity index (χ3n) is 9.54. The van der Waals surface area contributed by atoms with Gasteiger partial charge in [0.05, 0.1) is 22.3 Å². The van der Waals surface area contributed by atoms with E-state index in [1.165, 1.54) is 37.3 Å². The van der Waals surface area contributed by atoms with Crippen molar-refractivity contribution in [3.05, 3.63) is 51.8 Å². The molecule has 1 amide bonds. The number of piperidine rings is 2. The van der Waals surface area contributed by atoms with E-state index in [1.54, 1.807) is 6.20 Å². The first kappa shape index (κ1) is 28.1. The lowest BCUT2D eigenvalue weighted by molar-refractivity contribution is 0.0560. The minimum absolute atomic E-state index is 0.0753. The smallest absolute Gasteiger partial charge is 0.253 e. The van der Waals surface area contributed by atoms with Crippen LogP contribution < -0.4 is 5.73 Å². The molecule has 2 aliphatic heterocycles. The van der Waals surface area contributed by atoms with Crippen LogP contribution in [-0.2, 0) is 18.3 Å². The molecule has 2 fully saturated rings. The SMILES string of the molecule is CC1CCN(C2CCN(C(=O)c3ccc4nc(CC(=O)c5[nH]nc6c5C(C)(C)Cc5cnc(N)nc5-6)sc4c3)CC2)CC1. The predicted molar refractivity (Wildman–Crippen MR) is 167 cm³/mol. The number of benzene rings is 1. The number of thiazole rings is 1. The number of H-pyrrole nitrogens is 1. The second-order valence-electron chi connectivity index (χ2n) is 13.1. The van der Waals surface area contributed by atoms with Gasteiger partial charge in [-0.25, -0.2) is 15.0 Å². The number of anilines is 1. The molecule has 224 valence electrons. The topological polar surface area (TPSA) is 134 Å². The highest BCUT2D eigenvalue weighted by Crippen LogP contribution is 2.43. The van der Waals surface area contributed by atoms with Crippen LogP contribution >= 0.6 is 11.3 Å². The number of nitrogens with zero attached hydrogens (tertiary/aromatic N) is 6. The summed E-state index contributed by atoms with van der Waals surface area (Å²) in [5.41, 5.74) is 10.7. The number of ketones is 1. The van der Waals surface area contributed by atoms with Crippen molar-refractivity contribution in [2.24, 2.45) is 5.92 Å². The van der Waals surface area contributed by atoms with Gasteiger partial charge in [0.2, 0.25) is 5.95 Å². The number of likely N-dealkylation sites (tertiary alicyclic amines) is 2. The molecule has 43 heavy (non-hydrogen) atoms. The Morgan fingerprint density at radius 1 is 1.07 bits per heavy atom. The summed E-state index contributed by atoms with van der Waals surface area (Å²) in [5, 5.41) is 8.20. The molecule has 4 aromatic rings. The minimum atomic E-state index is -0.330. The van der Waals surface area contributed by atoms with Crippen molar-refractivity contribution in [1.29, 1.82) is 0 Å². The molecule has 0 spiro atoms. The van der Waals surface area contributed by atoms with Gasteiger partial charge in [0.1, 0.15) is 16.4 Å². The highest BCUT2D eigenvalue weighted by molar-refractivity contribution is 7.18. The molecule has 3 N–H and O–H groups in total. The number of nitrogen functional groups attached to an aromatic ring is 1. The van der Waals surface area contributed by atoms with Gasteiger partial charge >= 0.3 is 0 Å². The highest BCUT2D eigenvalue weighted by Gasteiger charge is 2.38. The quantitative estimate of drug-likeness (QED) is 0.317. The van der Waals surface area contributed by atoms with E-state index in [9.17, 15) is 9.59 Å². The number of nitrogens with two attached hydrogens (primary N) is 1. The van der Waals surface area contributed by atoms with Gasteiger partial charge in [0.15, 0.2) is 5.78 Å². The van der Waals surface area contributed by atoms with Crippen LogP contribution in [0.25, 0.3) is 21.6 Å². The molecule has 1 aromatic carbocycles. The Hall–Kier alpha value is -3.70. The molecule has 0 bridgehead atoms. The van der Waals surface area contributed by atoms with Crippen LogP contribution in [-0.4, -0.2) is 78.9 Å². The van der Waals surface area contributed by atoms with Crippen LogP contribution in [0.3, 0.4) is 0 Å². The number of hydrogen-bond acceptors (Lipinski definition) is 9. The molecule has 3 aromatic heterocycles. The van der Waals surface area contributed by atoms with Crippen LogP contribution in [0.5, 0.6) is 0 Å². The maximum atomic E-state index is 13.6. The number of fused-ring (bicyclic) bond motifs is 4. The van der Waals surface area contributed by atoms with E-state index < -0.39 is 0 Å². The molecule has 0 atom stereocenters. The Labute approximate surface area is 255 Å². The summed E-state index contributed by atoms with van der Waals surface area (Å²) in [7, 11) is 0. The zero-order chi connectivity index (χ0) is 29.9. The zero-order valence-corrected chi connectivity index (χ0v) is 25.8. The molecule has 3 aliphatic rings. The molecule has 0 saturated carbocycles. The summed E-state index contributed by atoms with van der Waals surface area (Å²) in [6.45, 7) is 10.5. The number of carbonyl (C=O) groups is 2. The number of aromatic amines is 1. The Kier molecular flexibility index (Phi) is 7.04. The van der Waals surface area contributed by atoms with Crippen molar-refractivity contribution < 1.29 is 9.59 Å². The Morgan fingerprint density at radius 3 is 2.60 bits per heavy atom. The average Bonchev–Trinajstić information content (AvgIpc) is 3.63. The van der Waals surface area contributed by atoms with Gasteiger partial charge in [-0.3, -0.25) is 14.7 Å². The molecule has 0 unspecified atom stereocenters. The standard InChI is InChI=1S/C32H38N8O2S/c1-18-6-10-39(11-7-18)21-8-12-40(13-9-21)30(42)19-4-5-22-24(14-19)43-25(35-22)15-23(41)28-26-29(38-37-28)27-20(16-32(26,2)3)17-34-31(33)36-27/h4-5,14,17-18,21H,6-13,15-16H2,1-3H3,(H,37,38)(H2,33,34,36). The summed E-state index contributed by atoms with van der Waals surface area (Å²) in [4.78, 5) is 45.0. The van der Waals surface area contributed by atoms with E-state index in [1.807, 2.05) is 23.1 Å². The number of rotatable bonds is 5. The van der Waals surface area contributed by atoms with Crippen molar-refractivity contribution in [3.63, 3.8) is 0 Å². The Morgan fingerprint density at radius 2 is 1.84 bits per heavy atom. The number of nitrogens with one attached hydrogen (secondary N) is 1. The highest BCUT2D eigenvalue weighted by atomic mass is 32.1. The molecule has 2 saturated heterocycles.